The molecule has 1 unspecified atom stereocenters. The number of benzene rings is 4. The summed E-state index contributed by atoms with van der Waals surface area (Å²) in [5.74, 6) is 5.02. The van der Waals surface area contributed by atoms with E-state index >= 15 is 0 Å². The van der Waals surface area contributed by atoms with Gasteiger partial charge in [-0.15, -0.1) is 0 Å². The maximum atomic E-state index is 11.2. The molecule has 3 atom stereocenters. The van der Waals surface area contributed by atoms with Crippen LogP contribution in [0.25, 0.3) is 0 Å². The highest BCUT2D eigenvalue weighted by molar-refractivity contribution is 5.63. The highest BCUT2D eigenvalue weighted by atomic mass is 16.5. The number of aliphatic hydroxyl groups is 2. The summed E-state index contributed by atoms with van der Waals surface area (Å²) in [6.07, 6.45) is 6.04. The molecule has 5 heterocycles. The molecule has 0 saturated heterocycles. The molecule has 4 aromatic carbocycles. The number of ether oxygens (including phenoxy) is 5. The number of likely N-dealkylation sites (N-methyl/N-ethyl adjacent to an activating group) is 2. The standard InChI is InChI=1S/C46H52N2O8/c1-47-18-16-31-24-33(27-49)41-26-37(31)38(47)21-29-10-13-36(14-11-29)55-42-23-30(12-15-40(42)51-3)22-39-44-32(17-19-48(39)2)25-43(52-4)45(46(44)56-41)54-28-34(50)7-5-8-35-9-6-20-53-35/h6,9-15,20,23-26,34,38-39,49-50H,5,7-8,16-19,21-22,27-28H2,1-4H3/t34?,38-,39-/m0/s1. The lowest BCUT2D eigenvalue weighted by atomic mass is 9.86. The lowest BCUT2D eigenvalue weighted by molar-refractivity contribution is 0.0945. The Hall–Kier alpha value is -5.00. The van der Waals surface area contributed by atoms with Gasteiger partial charge in [-0.1, -0.05) is 18.2 Å². The number of furan rings is 1. The van der Waals surface area contributed by atoms with Gasteiger partial charge in [0.15, 0.2) is 23.0 Å². The zero-order valence-electron chi connectivity index (χ0n) is 32.8. The summed E-state index contributed by atoms with van der Waals surface area (Å²) in [6, 6.07) is 24.5. The van der Waals surface area contributed by atoms with Gasteiger partial charge in [0.1, 0.15) is 23.9 Å². The molecular formula is C46H52N2O8. The number of hydrogen-bond acceptors (Lipinski definition) is 10. The predicted molar refractivity (Wildman–Crippen MR) is 214 cm³/mol. The Labute approximate surface area is 329 Å². The minimum Gasteiger partial charge on any atom is -0.493 e. The van der Waals surface area contributed by atoms with E-state index in [0.717, 1.165) is 73.4 Å². The van der Waals surface area contributed by atoms with Crippen LogP contribution in [0.4, 0.5) is 0 Å². The van der Waals surface area contributed by atoms with Crippen LogP contribution in [-0.4, -0.2) is 74.1 Å². The maximum absolute atomic E-state index is 11.2. The molecule has 9 rings (SSSR count). The fourth-order valence-electron chi connectivity index (χ4n) is 8.50. The first-order valence-electron chi connectivity index (χ1n) is 19.7. The molecule has 0 saturated carbocycles. The number of rotatable bonds is 10. The van der Waals surface area contributed by atoms with Gasteiger partial charge < -0.3 is 38.3 Å². The third kappa shape index (κ3) is 7.84. The van der Waals surface area contributed by atoms with E-state index in [9.17, 15) is 10.2 Å². The van der Waals surface area contributed by atoms with Gasteiger partial charge in [-0.05, 0) is 135 Å². The summed E-state index contributed by atoms with van der Waals surface area (Å²) in [5.41, 5.74) is 7.44. The number of aliphatic hydroxyl groups excluding tert-OH is 2. The topological polar surface area (TPSA) is 106 Å². The largest absolute Gasteiger partial charge is 0.493 e. The second kappa shape index (κ2) is 16.6. The first-order chi connectivity index (χ1) is 27.3. The average Bonchev–Trinajstić information content (AvgIpc) is 3.73. The van der Waals surface area contributed by atoms with E-state index in [0.29, 0.717) is 52.9 Å². The first kappa shape index (κ1) is 37.9. The van der Waals surface area contributed by atoms with Gasteiger partial charge in [0.2, 0.25) is 5.75 Å². The van der Waals surface area contributed by atoms with Crippen molar-refractivity contribution in [3.05, 3.63) is 124 Å². The van der Waals surface area contributed by atoms with E-state index in [-0.39, 0.29) is 25.3 Å². The summed E-state index contributed by atoms with van der Waals surface area (Å²) >= 11 is 0. The van der Waals surface area contributed by atoms with Gasteiger partial charge in [-0.2, -0.15) is 0 Å². The lowest BCUT2D eigenvalue weighted by Gasteiger charge is -2.38. The van der Waals surface area contributed by atoms with Crippen molar-refractivity contribution < 1.29 is 38.3 Å². The van der Waals surface area contributed by atoms with E-state index in [1.54, 1.807) is 20.5 Å². The summed E-state index contributed by atoms with van der Waals surface area (Å²) in [6.45, 7) is 1.60. The second-order valence-electron chi connectivity index (χ2n) is 15.3. The van der Waals surface area contributed by atoms with Crippen molar-refractivity contribution in [2.24, 2.45) is 0 Å². The zero-order valence-corrected chi connectivity index (χ0v) is 32.8. The van der Waals surface area contributed by atoms with E-state index in [2.05, 4.69) is 66.4 Å². The van der Waals surface area contributed by atoms with Crippen LogP contribution in [0.5, 0.6) is 40.2 Å². The van der Waals surface area contributed by atoms with E-state index in [4.69, 9.17) is 28.1 Å². The molecule has 56 heavy (non-hydrogen) atoms. The molecule has 0 spiro atoms. The molecule has 5 aromatic rings. The van der Waals surface area contributed by atoms with Crippen molar-refractivity contribution >= 4 is 0 Å². The molecule has 0 amide bonds. The Kier molecular flexibility index (Phi) is 11.2. The fourth-order valence-corrected chi connectivity index (χ4v) is 8.50. The fraction of sp³-hybridized carbons (Fsp3) is 0.391. The highest BCUT2D eigenvalue weighted by Crippen LogP contribution is 2.51. The number of fused-ring (bicyclic) bond motifs is 2. The molecule has 0 fully saturated rings. The van der Waals surface area contributed by atoms with Crippen LogP contribution in [0.2, 0.25) is 0 Å². The molecule has 0 aliphatic carbocycles. The Balaban J connectivity index is 1.26. The molecule has 4 aliphatic heterocycles. The van der Waals surface area contributed by atoms with Crippen LogP contribution in [0, 0.1) is 0 Å². The summed E-state index contributed by atoms with van der Waals surface area (Å²) in [4.78, 5) is 4.74. The van der Waals surface area contributed by atoms with Crippen LogP contribution in [-0.2, 0) is 38.7 Å². The molecule has 1 aromatic heterocycles. The van der Waals surface area contributed by atoms with Crippen LogP contribution >= 0.6 is 0 Å². The molecule has 10 heteroatoms. The molecule has 6 bridgehead atoms. The normalized spacial score (nSPS) is 18.5. The Morgan fingerprint density at radius 2 is 1.55 bits per heavy atom. The molecule has 0 radical (unpaired) electrons. The second-order valence-corrected chi connectivity index (χ2v) is 15.3. The van der Waals surface area contributed by atoms with E-state index in [1.807, 2.05) is 30.3 Å². The minimum atomic E-state index is -0.727. The Morgan fingerprint density at radius 1 is 0.804 bits per heavy atom. The van der Waals surface area contributed by atoms with Crippen molar-refractivity contribution in [3.8, 4) is 40.2 Å². The Bertz CT molecular complexity index is 2130. The molecule has 2 N–H and O–H groups in total. The molecule has 10 nitrogen and oxygen atoms in total. The van der Waals surface area contributed by atoms with Crippen molar-refractivity contribution in [2.45, 2.75) is 69.7 Å². The first-order valence-corrected chi connectivity index (χ1v) is 19.7. The summed E-state index contributed by atoms with van der Waals surface area (Å²) < 4.78 is 37.5. The van der Waals surface area contributed by atoms with Gasteiger partial charge in [0.05, 0.1) is 33.2 Å². The van der Waals surface area contributed by atoms with Crippen molar-refractivity contribution in [3.63, 3.8) is 0 Å². The number of hydrogen-bond donors (Lipinski definition) is 2. The van der Waals surface area contributed by atoms with Gasteiger partial charge in [-0.3, -0.25) is 9.80 Å². The van der Waals surface area contributed by atoms with Gasteiger partial charge in [0, 0.05) is 42.7 Å². The molecule has 294 valence electrons. The Morgan fingerprint density at radius 3 is 2.30 bits per heavy atom. The van der Waals surface area contributed by atoms with E-state index < -0.39 is 6.10 Å². The third-order valence-corrected chi connectivity index (χ3v) is 11.7. The number of aryl methyl sites for hydroxylation is 1. The maximum Gasteiger partial charge on any atom is 0.204 e. The van der Waals surface area contributed by atoms with Crippen LogP contribution < -0.4 is 23.7 Å². The lowest BCUT2D eigenvalue weighted by Crippen LogP contribution is -2.34. The SMILES string of the molecule is COc1ccc2cc1Oc1ccc(cc1)C[C@H]1c3cc(c(CO)cc3CCN1C)Oc1c(OCC(O)CCCc3ccco3)c(OC)cc3c1[C@H](C2)N(C)CC3. The van der Waals surface area contributed by atoms with Crippen molar-refractivity contribution in [1.82, 2.24) is 9.80 Å². The smallest absolute Gasteiger partial charge is 0.204 e. The third-order valence-electron chi connectivity index (χ3n) is 11.7. The molecular weight excluding hydrogens is 709 g/mol. The van der Waals surface area contributed by atoms with Crippen LogP contribution in [0.1, 0.15) is 69.6 Å². The molecule has 4 aliphatic rings. The van der Waals surface area contributed by atoms with Gasteiger partial charge in [0.25, 0.3) is 0 Å². The monoisotopic (exact) mass is 760 g/mol. The van der Waals surface area contributed by atoms with E-state index in [1.165, 1.54) is 16.7 Å². The van der Waals surface area contributed by atoms with Crippen LogP contribution in [0.15, 0.2) is 83.5 Å². The van der Waals surface area contributed by atoms with Crippen LogP contribution in [0.3, 0.4) is 0 Å². The summed E-state index contributed by atoms with van der Waals surface area (Å²) in [7, 11) is 7.60. The predicted octanol–water partition coefficient (Wildman–Crippen LogP) is 7.99. The van der Waals surface area contributed by atoms with Gasteiger partial charge >= 0.3 is 0 Å². The zero-order chi connectivity index (χ0) is 38.8. The number of nitrogens with zero attached hydrogens (tertiary/aromatic N) is 2. The van der Waals surface area contributed by atoms with Gasteiger partial charge in [-0.25, -0.2) is 0 Å². The minimum absolute atomic E-state index is 0.0474. The number of methoxy groups -OCH3 is 2. The van der Waals surface area contributed by atoms with Crippen molar-refractivity contribution in [2.75, 3.05) is 48.0 Å². The van der Waals surface area contributed by atoms with Crippen molar-refractivity contribution in [1.29, 1.82) is 0 Å². The quantitative estimate of drug-likeness (QED) is 0.146. The average molecular weight is 761 g/mol. The summed E-state index contributed by atoms with van der Waals surface area (Å²) in [5, 5.41) is 22.0. The highest BCUT2D eigenvalue weighted by Gasteiger charge is 2.35.